The number of rotatable bonds is 7. The van der Waals surface area contributed by atoms with Crippen LogP contribution in [0.1, 0.15) is 5.56 Å². The monoisotopic (exact) mass is 273 g/mol. The quantitative estimate of drug-likeness (QED) is 0.476. The standard InChI is InChI=1S/C15H15NO2S/c17-12-18-15-9-5-4-8-14(15)16-19-11-10-13-6-2-1-3-7-13/h1-9,12,16H,10-11H2. The maximum absolute atomic E-state index is 10.4. The molecule has 0 unspecified atom stereocenters. The summed E-state index contributed by atoms with van der Waals surface area (Å²) in [5, 5.41) is 0. The third kappa shape index (κ3) is 4.34. The molecule has 2 rings (SSSR count). The van der Waals surface area contributed by atoms with Crippen LogP contribution in [0.5, 0.6) is 5.75 Å². The molecule has 3 nitrogen and oxygen atoms in total. The summed E-state index contributed by atoms with van der Waals surface area (Å²) in [6.07, 6.45) is 0.995. The van der Waals surface area contributed by atoms with Gasteiger partial charge in [0.25, 0.3) is 6.47 Å². The molecule has 98 valence electrons. The molecule has 0 spiro atoms. The van der Waals surface area contributed by atoms with Gasteiger partial charge in [-0.05, 0) is 24.1 Å². The van der Waals surface area contributed by atoms with Gasteiger partial charge in [-0.15, -0.1) is 0 Å². The molecule has 2 aromatic rings. The van der Waals surface area contributed by atoms with E-state index in [1.807, 2.05) is 36.4 Å². The minimum Gasteiger partial charge on any atom is -0.427 e. The van der Waals surface area contributed by atoms with Gasteiger partial charge in [-0.25, -0.2) is 0 Å². The zero-order valence-electron chi connectivity index (χ0n) is 10.4. The van der Waals surface area contributed by atoms with Gasteiger partial charge in [0.1, 0.15) is 0 Å². The fourth-order valence-electron chi connectivity index (χ4n) is 1.65. The summed E-state index contributed by atoms with van der Waals surface area (Å²) in [7, 11) is 0. The molecule has 19 heavy (non-hydrogen) atoms. The van der Waals surface area contributed by atoms with Crippen LogP contribution in [0.4, 0.5) is 5.69 Å². The van der Waals surface area contributed by atoms with Crippen molar-refractivity contribution in [1.82, 2.24) is 0 Å². The third-order valence-corrected chi connectivity index (χ3v) is 3.35. The van der Waals surface area contributed by atoms with Gasteiger partial charge < -0.3 is 9.46 Å². The van der Waals surface area contributed by atoms with E-state index in [0.29, 0.717) is 12.2 Å². The molecule has 4 heteroatoms. The summed E-state index contributed by atoms with van der Waals surface area (Å²) in [5.41, 5.74) is 2.13. The first kappa shape index (κ1) is 13.5. The zero-order valence-corrected chi connectivity index (χ0v) is 11.2. The SMILES string of the molecule is O=COc1ccccc1NSCCc1ccccc1. The number of para-hydroxylation sites is 2. The van der Waals surface area contributed by atoms with Crippen molar-refractivity contribution in [1.29, 1.82) is 0 Å². The third-order valence-electron chi connectivity index (χ3n) is 2.58. The second kappa shape index (κ2) is 7.48. The first-order chi connectivity index (χ1) is 9.40. The van der Waals surface area contributed by atoms with Crippen LogP contribution < -0.4 is 9.46 Å². The maximum atomic E-state index is 10.4. The number of anilines is 1. The first-order valence-corrected chi connectivity index (χ1v) is 7.00. The van der Waals surface area contributed by atoms with E-state index in [4.69, 9.17) is 4.74 Å². The van der Waals surface area contributed by atoms with Gasteiger partial charge in [0.2, 0.25) is 0 Å². The molecule has 1 N–H and O–H groups in total. The molecule has 0 atom stereocenters. The lowest BCUT2D eigenvalue weighted by Crippen LogP contribution is -1.97. The summed E-state index contributed by atoms with van der Waals surface area (Å²) in [5.74, 6) is 1.49. The van der Waals surface area contributed by atoms with E-state index in [1.54, 1.807) is 18.0 Å². The summed E-state index contributed by atoms with van der Waals surface area (Å²) in [4.78, 5) is 10.4. The van der Waals surface area contributed by atoms with E-state index >= 15 is 0 Å². The number of ether oxygens (including phenoxy) is 1. The molecule has 0 radical (unpaired) electrons. The van der Waals surface area contributed by atoms with E-state index in [1.165, 1.54) is 5.56 Å². The molecule has 0 saturated heterocycles. The largest absolute Gasteiger partial charge is 0.427 e. The Kier molecular flexibility index (Phi) is 5.31. The van der Waals surface area contributed by atoms with Gasteiger partial charge in [-0.2, -0.15) is 0 Å². The van der Waals surface area contributed by atoms with Crippen molar-refractivity contribution in [2.24, 2.45) is 0 Å². The molecule has 0 amide bonds. The van der Waals surface area contributed by atoms with Crippen LogP contribution in [0.2, 0.25) is 0 Å². The highest BCUT2D eigenvalue weighted by atomic mass is 32.2. The van der Waals surface area contributed by atoms with Gasteiger partial charge in [0.15, 0.2) is 5.75 Å². The second-order valence-corrected chi connectivity index (χ2v) is 4.80. The van der Waals surface area contributed by atoms with E-state index < -0.39 is 0 Å². The van der Waals surface area contributed by atoms with Crippen molar-refractivity contribution in [3.05, 3.63) is 60.2 Å². The molecule has 0 heterocycles. The minimum absolute atomic E-state index is 0.440. The van der Waals surface area contributed by atoms with Crippen LogP contribution in [-0.4, -0.2) is 12.2 Å². The maximum Gasteiger partial charge on any atom is 0.298 e. The van der Waals surface area contributed by atoms with Gasteiger partial charge in [0.05, 0.1) is 5.69 Å². The summed E-state index contributed by atoms with van der Waals surface area (Å²) < 4.78 is 8.10. The Labute approximate surface area is 117 Å². The fourth-order valence-corrected chi connectivity index (χ4v) is 2.41. The number of hydrogen-bond donors (Lipinski definition) is 1. The van der Waals surface area contributed by atoms with Crippen molar-refractivity contribution >= 4 is 24.1 Å². The lowest BCUT2D eigenvalue weighted by Gasteiger charge is -2.09. The molecule has 0 bridgehead atoms. The summed E-state index contributed by atoms with van der Waals surface area (Å²) in [6, 6.07) is 17.7. The number of benzene rings is 2. The van der Waals surface area contributed by atoms with Crippen molar-refractivity contribution in [2.45, 2.75) is 6.42 Å². The van der Waals surface area contributed by atoms with Crippen molar-refractivity contribution in [3.8, 4) is 5.75 Å². The van der Waals surface area contributed by atoms with Gasteiger partial charge in [0, 0.05) is 5.75 Å². The predicted molar refractivity (Wildman–Crippen MR) is 79.4 cm³/mol. The molecule has 0 saturated carbocycles. The number of nitrogens with one attached hydrogen (secondary N) is 1. The Bertz CT molecular complexity index is 517. The normalized spacial score (nSPS) is 9.89. The van der Waals surface area contributed by atoms with Crippen LogP contribution in [0.3, 0.4) is 0 Å². The highest BCUT2D eigenvalue weighted by Gasteiger charge is 2.01. The molecule has 2 aromatic carbocycles. The minimum atomic E-state index is 0.440. The predicted octanol–water partition coefficient (Wildman–Crippen LogP) is 3.52. The highest BCUT2D eigenvalue weighted by Crippen LogP contribution is 2.25. The number of aryl methyl sites for hydroxylation is 1. The van der Waals surface area contributed by atoms with Gasteiger partial charge in [-0.1, -0.05) is 54.4 Å². The Balaban J connectivity index is 1.81. The van der Waals surface area contributed by atoms with Crippen LogP contribution >= 0.6 is 11.9 Å². The van der Waals surface area contributed by atoms with E-state index in [0.717, 1.165) is 17.9 Å². The van der Waals surface area contributed by atoms with E-state index in [2.05, 4.69) is 16.9 Å². The summed E-state index contributed by atoms with van der Waals surface area (Å²) in [6.45, 7) is 0.440. The molecule has 0 aliphatic rings. The Hall–Kier alpha value is -1.94. The lowest BCUT2D eigenvalue weighted by atomic mass is 10.2. The van der Waals surface area contributed by atoms with Crippen molar-refractivity contribution in [2.75, 3.05) is 10.5 Å². The molecule has 0 fully saturated rings. The molecule has 0 aliphatic carbocycles. The Morgan fingerprint density at radius 3 is 2.58 bits per heavy atom. The highest BCUT2D eigenvalue weighted by molar-refractivity contribution is 8.00. The smallest absolute Gasteiger partial charge is 0.298 e. The van der Waals surface area contributed by atoms with Crippen LogP contribution in [0.15, 0.2) is 54.6 Å². The molecular weight excluding hydrogens is 258 g/mol. The Morgan fingerprint density at radius 2 is 1.79 bits per heavy atom. The summed E-state index contributed by atoms with van der Waals surface area (Å²) >= 11 is 1.60. The van der Waals surface area contributed by atoms with Crippen LogP contribution in [-0.2, 0) is 11.2 Å². The van der Waals surface area contributed by atoms with E-state index in [9.17, 15) is 4.79 Å². The van der Waals surface area contributed by atoms with Crippen LogP contribution in [0, 0.1) is 0 Å². The molecular formula is C15H15NO2S. The zero-order chi connectivity index (χ0) is 13.3. The van der Waals surface area contributed by atoms with Gasteiger partial charge >= 0.3 is 0 Å². The number of carbonyl (C=O) groups is 1. The second-order valence-electron chi connectivity index (χ2n) is 3.90. The number of hydrogen-bond acceptors (Lipinski definition) is 4. The molecule has 0 aliphatic heterocycles. The van der Waals surface area contributed by atoms with Crippen LogP contribution in [0.25, 0.3) is 0 Å². The first-order valence-electron chi connectivity index (χ1n) is 6.01. The lowest BCUT2D eigenvalue weighted by molar-refractivity contribution is -0.120. The fraction of sp³-hybridized carbons (Fsp3) is 0.133. The molecule has 0 aromatic heterocycles. The van der Waals surface area contributed by atoms with Crippen molar-refractivity contribution < 1.29 is 9.53 Å². The van der Waals surface area contributed by atoms with E-state index in [-0.39, 0.29) is 0 Å². The van der Waals surface area contributed by atoms with Crippen molar-refractivity contribution in [3.63, 3.8) is 0 Å². The van der Waals surface area contributed by atoms with Gasteiger partial charge in [-0.3, -0.25) is 4.79 Å². The average molecular weight is 273 g/mol. The number of carbonyl (C=O) groups excluding carboxylic acids is 1. The topological polar surface area (TPSA) is 38.3 Å². The average Bonchev–Trinajstić information content (AvgIpc) is 2.47. The Morgan fingerprint density at radius 1 is 1.05 bits per heavy atom.